The van der Waals surface area contributed by atoms with E-state index in [1.54, 1.807) is 18.2 Å². The van der Waals surface area contributed by atoms with Crippen LogP contribution in [0.25, 0.3) is 0 Å². The highest BCUT2D eigenvalue weighted by molar-refractivity contribution is 5.95. The first-order valence-corrected chi connectivity index (χ1v) is 6.71. The van der Waals surface area contributed by atoms with Gasteiger partial charge >= 0.3 is 5.97 Å². The van der Waals surface area contributed by atoms with Gasteiger partial charge < -0.3 is 19.3 Å². The Morgan fingerprint density at radius 3 is 2.26 bits per heavy atom. The first-order valence-electron chi connectivity index (χ1n) is 6.71. The molecule has 6 nitrogen and oxygen atoms in total. The molecule has 0 saturated heterocycles. The summed E-state index contributed by atoms with van der Waals surface area (Å²) < 4.78 is 15.7. The van der Waals surface area contributed by atoms with Crippen LogP contribution < -0.4 is 14.2 Å². The molecule has 23 heavy (non-hydrogen) atoms. The molecule has 0 unspecified atom stereocenters. The van der Waals surface area contributed by atoms with Gasteiger partial charge in [-0.05, 0) is 30.3 Å². The highest BCUT2D eigenvalue weighted by Crippen LogP contribution is 2.35. The van der Waals surface area contributed by atoms with Gasteiger partial charge in [0.2, 0.25) is 0 Å². The molecule has 2 rings (SSSR count). The average molecular weight is 313 g/mol. The van der Waals surface area contributed by atoms with E-state index in [4.69, 9.17) is 19.5 Å². The highest BCUT2D eigenvalue weighted by Gasteiger charge is 2.21. The lowest BCUT2D eigenvalue weighted by Crippen LogP contribution is -2.11. The fraction of sp³-hybridized carbons (Fsp3) is 0.176. The summed E-state index contributed by atoms with van der Waals surface area (Å²) in [7, 11) is 2.82. The second-order valence-corrected chi connectivity index (χ2v) is 4.52. The van der Waals surface area contributed by atoms with E-state index >= 15 is 0 Å². The molecule has 2 aromatic carbocycles. The molecular formula is C17H15NO5. The number of hydrogen-bond donors (Lipinski definition) is 1. The van der Waals surface area contributed by atoms with E-state index in [0.29, 0.717) is 16.9 Å². The fourth-order valence-electron chi connectivity index (χ4n) is 2.07. The van der Waals surface area contributed by atoms with E-state index in [0.717, 1.165) is 0 Å². The highest BCUT2D eigenvalue weighted by atomic mass is 16.5. The monoisotopic (exact) mass is 313 g/mol. The SMILES string of the molecule is COc1c(CO)ccc(C(=O)Oc2ccc(C#N)cc2)c1OC. The van der Waals surface area contributed by atoms with Gasteiger partial charge in [0, 0.05) is 5.56 Å². The van der Waals surface area contributed by atoms with Gasteiger partial charge in [-0.25, -0.2) is 4.79 Å². The molecule has 0 heterocycles. The zero-order valence-corrected chi connectivity index (χ0v) is 12.7. The largest absolute Gasteiger partial charge is 0.492 e. The summed E-state index contributed by atoms with van der Waals surface area (Å²) in [5.41, 5.74) is 1.14. The zero-order chi connectivity index (χ0) is 16.8. The smallest absolute Gasteiger partial charge is 0.347 e. The van der Waals surface area contributed by atoms with Crippen molar-refractivity contribution in [2.75, 3.05) is 14.2 Å². The van der Waals surface area contributed by atoms with Crippen LogP contribution in [0.2, 0.25) is 0 Å². The molecule has 1 N–H and O–H groups in total. The molecule has 118 valence electrons. The number of carbonyl (C=O) groups is 1. The molecule has 0 fully saturated rings. The van der Waals surface area contributed by atoms with Gasteiger partial charge in [0.15, 0.2) is 11.5 Å². The minimum atomic E-state index is -0.630. The number of methoxy groups -OCH3 is 2. The molecule has 0 aliphatic heterocycles. The Hall–Kier alpha value is -3.04. The van der Waals surface area contributed by atoms with Crippen molar-refractivity contribution in [2.24, 2.45) is 0 Å². The van der Waals surface area contributed by atoms with Crippen LogP contribution in [-0.4, -0.2) is 25.3 Å². The van der Waals surface area contributed by atoms with Gasteiger partial charge in [-0.1, -0.05) is 6.07 Å². The molecular weight excluding hydrogens is 298 g/mol. The summed E-state index contributed by atoms with van der Waals surface area (Å²) >= 11 is 0. The Bertz CT molecular complexity index is 747. The number of hydrogen-bond acceptors (Lipinski definition) is 6. The number of rotatable bonds is 5. The second kappa shape index (κ2) is 7.29. The van der Waals surface area contributed by atoms with Crippen molar-refractivity contribution in [3.8, 4) is 23.3 Å². The third kappa shape index (κ3) is 3.42. The fourth-order valence-corrected chi connectivity index (χ4v) is 2.07. The molecule has 0 radical (unpaired) electrons. The second-order valence-electron chi connectivity index (χ2n) is 4.52. The maximum atomic E-state index is 12.3. The van der Waals surface area contributed by atoms with E-state index in [2.05, 4.69) is 0 Å². The predicted molar refractivity (Wildman–Crippen MR) is 81.6 cm³/mol. The Morgan fingerprint density at radius 1 is 1.09 bits per heavy atom. The van der Waals surface area contributed by atoms with Crippen molar-refractivity contribution in [3.63, 3.8) is 0 Å². The number of nitriles is 1. The molecule has 2 aromatic rings. The Kier molecular flexibility index (Phi) is 5.18. The number of benzene rings is 2. The molecule has 0 spiro atoms. The summed E-state index contributed by atoms with van der Waals surface area (Å²) in [6.45, 7) is -0.246. The molecule has 0 amide bonds. The van der Waals surface area contributed by atoms with Crippen LogP contribution in [0.15, 0.2) is 36.4 Å². The quantitative estimate of drug-likeness (QED) is 0.673. The van der Waals surface area contributed by atoms with Crippen molar-refractivity contribution < 1.29 is 24.1 Å². The van der Waals surface area contributed by atoms with Crippen molar-refractivity contribution >= 4 is 5.97 Å². The van der Waals surface area contributed by atoms with Gasteiger partial charge in [0.05, 0.1) is 32.5 Å². The van der Waals surface area contributed by atoms with Gasteiger partial charge in [-0.3, -0.25) is 0 Å². The Labute approximate surface area is 133 Å². The molecule has 0 aliphatic rings. The van der Waals surface area contributed by atoms with Crippen LogP contribution >= 0.6 is 0 Å². The third-order valence-corrected chi connectivity index (χ3v) is 3.19. The van der Waals surface area contributed by atoms with Crippen LogP contribution in [0, 0.1) is 11.3 Å². The predicted octanol–water partition coefficient (Wildman–Crippen LogP) is 2.29. The first kappa shape index (κ1) is 16.3. The lowest BCUT2D eigenvalue weighted by atomic mass is 10.1. The summed E-state index contributed by atoms with van der Waals surface area (Å²) in [6.07, 6.45) is 0. The summed E-state index contributed by atoms with van der Waals surface area (Å²) in [5, 5.41) is 18.1. The van der Waals surface area contributed by atoms with E-state index in [9.17, 15) is 9.90 Å². The first-order chi connectivity index (χ1) is 11.1. The van der Waals surface area contributed by atoms with E-state index in [1.165, 1.54) is 32.4 Å². The van der Waals surface area contributed by atoms with Crippen molar-refractivity contribution in [3.05, 3.63) is 53.1 Å². The van der Waals surface area contributed by atoms with Crippen molar-refractivity contribution in [2.45, 2.75) is 6.61 Å². The maximum absolute atomic E-state index is 12.3. The van der Waals surface area contributed by atoms with Crippen molar-refractivity contribution in [1.29, 1.82) is 5.26 Å². The van der Waals surface area contributed by atoms with Crippen LogP contribution in [0.3, 0.4) is 0 Å². The summed E-state index contributed by atoms with van der Waals surface area (Å²) in [4.78, 5) is 12.3. The van der Waals surface area contributed by atoms with Crippen molar-refractivity contribution in [1.82, 2.24) is 0 Å². The lowest BCUT2D eigenvalue weighted by Gasteiger charge is -2.15. The van der Waals surface area contributed by atoms with Crippen LogP contribution in [0.4, 0.5) is 0 Å². The molecule has 6 heteroatoms. The van der Waals surface area contributed by atoms with Gasteiger partial charge in [0.25, 0.3) is 0 Å². The lowest BCUT2D eigenvalue weighted by molar-refractivity contribution is 0.0730. The number of aliphatic hydroxyl groups excluding tert-OH is 1. The van der Waals surface area contributed by atoms with Gasteiger partial charge in [-0.2, -0.15) is 5.26 Å². The molecule has 0 aromatic heterocycles. The standard InChI is InChI=1S/C17H15NO5/c1-21-15-12(10-19)5-8-14(16(15)22-2)17(20)23-13-6-3-11(9-18)4-7-13/h3-8,19H,10H2,1-2H3. The number of nitrogens with zero attached hydrogens (tertiary/aromatic N) is 1. The minimum absolute atomic E-state index is 0.172. The molecule has 0 saturated carbocycles. The molecule has 0 atom stereocenters. The normalized spacial score (nSPS) is 9.83. The van der Waals surface area contributed by atoms with Crippen LogP contribution in [0.5, 0.6) is 17.2 Å². The summed E-state index contributed by atoms with van der Waals surface area (Å²) in [6, 6.07) is 11.2. The van der Waals surface area contributed by atoms with Crippen LogP contribution in [-0.2, 0) is 6.61 Å². The zero-order valence-electron chi connectivity index (χ0n) is 12.7. The van der Waals surface area contributed by atoms with E-state index in [-0.39, 0.29) is 23.7 Å². The minimum Gasteiger partial charge on any atom is -0.492 e. The number of esters is 1. The topological polar surface area (TPSA) is 88.8 Å². The molecule has 0 aliphatic carbocycles. The van der Waals surface area contributed by atoms with Gasteiger partial charge in [-0.15, -0.1) is 0 Å². The number of ether oxygens (including phenoxy) is 3. The summed E-state index contributed by atoms with van der Waals surface area (Å²) in [5.74, 6) is 0.151. The maximum Gasteiger partial charge on any atom is 0.347 e. The van der Waals surface area contributed by atoms with E-state index < -0.39 is 5.97 Å². The Morgan fingerprint density at radius 2 is 1.74 bits per heavy atom. The average Bonchev–Trinajstić information content (AvgIpc) is 2.60. The molecule has 0 bridgehead atoms. The van der Waals surface area contributed by atoms with Crippen LogP contribution in [0.1, 0.15) is 21.5 Å². The van der Waals surface area contributed by atoms with Gasteiger partial charge in [0.1, 0.15) is 11.3 Å². The van der Waals surface area contributed by atoms with E-state index in [1.807, 2.05) is 6.07 Å². The number of carbonyl (C=O) groups excluding carboxylic acids is 1. The number of aliphatic hydroxyl groups is 1. The Balaban J connectivity index is 2.33. The third-order valence-electron chi connectivity index (χ3n) is 3.19.